The number of rotatable bonds is 6. The molecule has 4 aromatic rings. The molecular formula is C24H19Cl2N5O2. The van der Waals surface area contributed by atoms with Gasteiger partial charge < -0.3 is 10.1 Å². The van der Waals surface area contributed by atoms with Crippen LogP contribution in [0.15, 0.2) is 84.1 Å². The summed E-state index contributed by atoms with van der Waals surface area (Å²) in [6.07, 6.45) is 3.28. The van der Waals surface area contributed by atoms with Crippen LogP contribution in [-0.4, -0.2) is 29.0 Å². The maximum atomic E-state index is 12.5. The molecule has 9 heteroatoms. The van der Waals surface area contributed by atoms with E-state index in [4.69, 9.17) is 27.9 Å². The van der Waals surface area contributed by atoms with E-state index in [2.05, 4.69) is 20.7 Å². The lowest BCUT2D eigenvalue weighted by Crippen LogP contribution is -2.21. The number of urea groups is 1. The van der Waals surface area contributed by atoms with Gasteiger partial charge in [0.2, 0.25) is 5.95 Å². The molecule has 0 bridgehead atoms. The van der Waals surface area contributed by atoms with Gasteiger partial charge in [0.05, 0.1) is 30.2 Å². The van der Waals surface area contributed by atoms with Gasteiger partial charge in [0.1, 0.15) is 5.75 Å². The quantitative estimate of drug-likeness (QED) is 0.314. The normalized spacial score (nSPS) is 10.9. The zero-order valence-electron chi connectivity index (χ0n) is 17.5. The number of hydrogen-bond donors (Lipinski definition) is 2. The highest BCUT2D eigenvalue weighted by atomic mass is 35.5. The number of amides is 2. The van der Waals surface area contributed by atoms with Crippen molar-refractivity contribution < 1.29 is 9.53 Å². The Hall–Kier alpha value is -3.81. The number of carbonyl (C=O) groups excluding carboxylic acids is 1. The van der Waals surface area contributed by atoms with Crippen LogP contribution in [0, 0.1) is 0 Å². The van der Waals surface area contributed by atoms with Gasteiger partial charge in [-0.2, -0.15) is 5.10 Å². The van der Waals surface area contributed by atoms with Crippen molar-refractivity contribution in [2.45, 2.75) is 0 Å². The van der Waals surface area contributed by atoms with Crippen molar-refractivity contribution in [1.82, 2.24) is 9.66 Å². The summed E-state index contributed by atoms with van der Waals surface area (Å²) < 4.78 is 6.68. The van der Waals surface area contributed by atoms with Crippen LogP contribution in [0.1, 0.15) is 5.56 Å². The number of methoxy groups -OCH3 is 1. The van der Waals surface area contributed by atoms with Crippen molar-refractivity contribution in [2.75, 3.05) is 17.7 Å². The van der Waals surface area contributed by atoms with E-state index in [1.54, 1.807) is 49.9 Å². The Bertz CT molecular complexity index is 1290. The first-order valence-electron chi connectivity index (χ1n) is 9.88. The fourth-order valence-corrected chi connectivity index (χ4v) is 3.42. The second kappa shape index (κ2) is 10.2. The molecule has 0 radical (unpaired) electrons. The molecule has 1 aromatic heterocycles. The lowest BCUT2D eigenvalue weighted by molar-refractivity contribution is 0.262. The predicted molar refractivity (Wildman–Crippen MR) is 133 cm³/mol. The molecule has 0 aliphatic carbocycles. The number of carbonyl (C=O) groups is 1. The maximum absolute atomic E-state index is 12.5. The Labute approximate surface area is 200 Å². The van der Waals surface area contributed by atoms with Crippen LogP contribution in [0.4, 0.5) is 16.4 Å². The number of nitrogens with zero attached hydrogens (tertiary/aromatic N) is 3. The van der Waals surface area contributed by atoms with Gasteiger partial charge in [0.25, 0.3) is 0 Å². The molecule has 1 heterocycles. The second-order valence-corrected chi connectivity index (χ2v) is 7.72. The van der Waals surface area contributed by atoms with Gasteiger partial charge in [0.15, 0.2) is 0 Å². The zero-order valence-corrected chi connectivity index (χ0v) is 19.0. The highest BCUT2D eigenvalue weighted by Gasteiger charge is 2.13. The summed E-state index contributed by atoms with van der Waals surface area (Å²) in [6, 6.07) is 21.2. The van der Waals surface area contributed by atoms with Crippen LogP contribution in [0.25, 0.3) is 11.3 Å². The Morgan fingerprint density at radius 3 is 2.48 bits per heavy atom. The third-order valence-corrected chi connectivity index (χ3v) is 5.18. The number of halogens is 2. The van der Waals surface area contributed by atoms with E-state index in [1.807, 2.05) is 42.5 Å². The summed E-state index contributed by atoms with van der Waals surface area (Å²) in [7, 11) is 1.60. The summed E-state index contributed by atoms with van der Waals surface area (Å²) in [4.78, 5) is 17.1. The molecular weight excluding hydrogens is 461 g/mol. The number of imidazole rings is 1. The van der Waals surface area contributed by atoms with Crippen LogP contribution in [0.2, 0.25) is 10.0 Å². The molecule has 3 aromatic carbocycles. The summed E-state index contributed by atoms with van der Waals surface area (Å²) in [5.74, 6) is 0.963. The van der Waals surface area contributed by atoms with E-state index in [1.165, 1.54) is 4.68 Å². The number of anilines is 2. The fourth-order valence-electron chi connectivity index (χ4n) is 2.96. The Morgan fingerprint density at radius 2 is 1.79 bits per heavy atom. The average molecular weight is 480 g/mol. The molecule has 4 rings (SSSR count). The molecule has 166 valence electrons. The molecule has 0 saturated carbocycles. The smallest absolute Gasteiger partial charge is 0.326 e. The van der Waals surface area contributed by atoms with Crippen LogP contribution < -0.4 is 15.4 Å². The van der Waals surface area contributed by atoms with Gasteiger partial charge in [-0.05, 0) is 48.5 Å². The van der Waals surface area contributed by atoms with Gasteiger partial charge in [-0.3, -0.25) is 5.32 Å². The monoisotopic (exact) mass is 479 g/mol. The van der Waals surface area contributed by atoms with Crippen LogP contribution in [0.5, 0.6) is 5.75 Å². The van der Waals surface area contributed by atoms with E-state index in [-0.39, 0.29) is 5.95 Å². The molecule has 33 heavy (non-hydrogen) atoms. The van der Waals surface area contributed by atoms with Gasteiger partial charge >= 0.3 is 6.03 Å². The topological polar surface area (TPSA) is 80.5 Å². The Balaban J connectivity index is 1.64. The highest BCUT2D eigenvalue weighted by Crippen LogP contribution is 2.24. The molecule has 7 nitrogen and oxygen atoms in total. The van der Waals surface area contributed by atoms with E-state index in [9.17, 15) is 4.79 Å². The molecule has 0 fully saturated rings. The Kier molecular flexibility index (Phi) is 6.92. The largest absolute Gasteiger partial charge is 0.497 e. The second-order valence-electron chi connectivity index (χ2n) is 6.88. The van der Waals surface area contributed by atoms with Crippen molar-refractivity contribution in [2.24, 2.45) is 5.10 Å². The van der Waals surface area contributed by atoms with Gasteiger partial charge in [-0.25, -0.2) is 14.5 Å². The third-order valence-electron chi connectivity index (χ3n) is 4.61. The predicted octanol–water partition coefficient (Wildman–Crippen LogP) is 6.39. The lowest BCUT2D eigenvalue weighted by atomic mass is 10.2. The molecule has 2 amide bonds. The maximum Gasteiger partial charge on any atom is 0.326 e. The van der Waals surface area contributed by atoms with E-state index < -0.39 is 6.03 Å². The first-order valence-corrected chi connectivity index (χ1v) is 10.6. The minimum Gasteiger partial charge on any atom is -0.497 e. The zero-order chi connectivity index (χ0) is 23.2. The standard InChI is InChI=1S/C24H19Cl2N5O2/c1-33-20-11-8-16(9-12-20)22-15-31(27-14-17-7-10-18(25)13-21(17)26)23(29-22)30-24(32)28-19-5-3-2-4-6-19/h2-15H,1H3,(H2,28,29,30,32)/b27-14+. The van der Waals surface area contributed by atoms with Crippen molar-refractivity contribution in [1.29, 1.82) is 0 Å². The Morgan fingerprint density at radius 1 is 1.03 bits per heavy atom. The van der Waals surface area contributed by atoms with Crippen molar-refractivity contribution in [3.63, 3.8) is 0 Å². The summed E-state index contributed by atoms with van der Waals surface area (Å²) in [5, 5.41) is 10.9. The molecule has 0 atom stereocenters. The van der Waals surface area contributed by atoms with E-state index in [0.29, 0.717) is 27.0 Å². The fraction of sp³-hybridized carbons (Fsp3) is 0.0417. The van der Waals surface area contributed by atoms with Crippen LogP contribution in [-0.2, 0) is 0 Å². The summed E-state index contributed by atoms with van der Waals surface area (Å²) in [5.41, 5.74) is 2.77. The number of ether oxygens (including phenoxy) is 1. The van der Waals surface area contributed by atoms with Crippen molar-refractivity contribution >= 4 is 47.1 Å². The van der Waals surface area contributed by atoms with Crippen molar-refractivity contribution in [3.8, 4) is 17.0 Å². The first kappa shape index (κ1) is 22.4. The lowest BCUT2D eigenvalue weighted by Gasteiger charge is -2.07. The number of para-hydroxylation sites is 1. The number of hydrogen-bond acceptors (Lipinski definition) is 4. The van der Waals surface area contributed by atoms with Gasteiger partial charge in [0, 0.05) is 21.8 Å². The minimum atomic E-state index is -0.450. The third kappa shape index (κ3) is 5.71. The van der Waals surface area contributed by atoms with Crippen LogP contribution in [0.3, 0.4) is 0 Å². The molecule has 0 spiro atoms. The minimum absolute atomic E-state index is 0.232. The molecule has 2 N–H and O–H groups in total. The molecule has 0 saturated heterocycles. The van der Waals surface area contributed by atoms with Crippen LogP contribution >= 0.6 is 23.2 Å². The van der Waals surface area contributed by atoms with E-state index in [0.717, 1.165) is 11.3 Å². The summed E-state index contributed by atoms with van der Waals surface area (Å²) in [6.45, 7) is 0. The van der Waals surface area contributed by atoms with Gasteiger partial charge in [-0.15, -0.1) is 0 Å². The van der Waals surface area contributed by atoms with Gasteiger partial charge in [-0.1, -0.05) is 47.5 Å². The molecule has 0 unspecified atom stereocenters. The summed E-state index contributed by atoms with van der Waals surface area (Å²) >= 11 is 12.2. The molecule has 0 aliphatic rings. The number of benzene rings is 3. The molecule has 0 aliphatic heterocycles. The van der Waals surface area contributed by atoms with Crippen molar-refractivity contribution in [3.05, 3.63) is 94.6 Å². The average Bonchev–Trinajstić information content (AvgIpc) is 3.21. The SMILES string of the molecule is COc1ccc(-c2cn(/N=C/c3ccc(Cl)cc3Cl)c(NC(=O)Nc3ccccc3)n2)cc1. The van der Waals surface area contributed by atoms with E-state index >= 15 is 0 Å². The number of aromatic nitrogens is 2. The first-order chi connectivity index (χ1) is 16.0. The highest BCUT2D eigenvalue weighted by molar-refractivity contribution is 6.36. The number of nitrogens with one attached hydrogen (secondary N) is 2.